The standard InChI is InChI=1S/C12H26N2O2S/c1-10-6-7-12(11(10)2)14-17(15,16)9-5-4-8-13-3/h10-14H,4-9H2,1-3H3. The molecule has 0 aromatic carbocycles. The smallest absolute Gasteiger partial charge is 0.211 e. The van der Waals surface area contributed by atoms with Gasteiger partial charge in [-0.25, -0.2) is 13.1 Å². The van der Waals surface area contributed by atoms with Crippen molar-refractivity contribution >= 4 is 10.0 Å². The van der Waals surface area contributed by atoms with Crippen LogP contribution in [0.5, 0.6) is 0 Å². The molecule has 0 bridgehead atoms. The molecule has 1 aliphatic rings. The van der Waals surface area contributed by atoms with Gasteiger partial charge in [0, 0.05) is 6.04 Å². The largest absolute Gasteiger partial charge is 0.320 e. The summed E-state index contributed by atoms with van der Waals surface area (Å²) in [6.45, 7) is 5.23. The van der Waals surface area contributed by atoms with E-state index in [1.165, 1.54) is 0 Å². The normalized spacial score (nSPS) is 29.7. The molecule has 0 saturated heterocycles. The minimum absolute atomic E-state index is 0.152. The van der Waals surface area contributed by atoms with Crippen LogP contribution in [0.4, 0.5) is 0 Å². The first-order valence-electron chi connectivity index (χ1n) is 6.61. The summed E-state index contributed by atoms with van der Waals surface area (Å²) in [6.07, 6.45) is 3.76. The zero-order valence-electron chi connectivity index (χ0n) is 11.2. The molecule has 3 atom stereocenters. The van der Waals surface area contributed by atoms with Crippen molar-refractivity contribution in [2.24, 2.45) is 11.8 Å². The van der Waals surface area contributed by atoms with E-state index in [1.54, 1.807) is 0 Å². The summed E-state index contributed by atoms with van der Waals surface area (Å²) in [5, 5.41) is 3.02. The number of unbranched alkanes of at least 4 members (excludes halogenated alkanes) is 1. The van der Waals surface area contributed by atoms with Crippen molar-refractivity contribution in [3.05, 3.63) is 0 Å². The number of sulfonamides is 1. The molecule has 2 N–H and O–H groups in total. The van der Waals surface area contributed by atoms with E-state index in [0.29, 0.717) is 11.8 Å². The second-order valence-corrected chi connectivity index (χ2v) is 7.14. The lowest BCUT2D eigenvalue weighted by molar-refractivity contribution is 0.402. The van der Waals surface area contributed by atoms with Crippen molar-refractivity contribution in [2.45, 2.75) is 45.6 Å². The van der Waals surface area contributed by atoms with Gasteiger partial charge in [-0.15, -0.1) is 0 Å². The van der Waals surface area contributed by atoms with Crippen molar-refractivity contribution < 1.29 is 8.42 Å². The highest BCUT2D eigenvalue weighted by Gasteiger charge is 2.32. The van der Waals surface area contributed by atoms with E-state index in [2.05, 4.69) is 23.9 Å². The highest BCUT2D eigenvalue weighted by Crippen LogP contribution is 2.31. The lowest BCUT2D eigenvalue weighted by Gasteiger charge is -2.19. The SMILES string of the molecule is CNCCCCS(=O)(=O)NC1CCC(C)C1C. The van der Waals surface area contributed by atoms with E-state index in [9.17, 15) is 8.42 Å². The first-order valence-corrected chi connectivity index (χ1v) is 8.26. The Morgan fingerprint density at radius 2 is 1.88 bits per heavy atom. The van der Waals surface area contributed by atoms with Gasteiger partial charge < -0.3 is 5.32 Å². The highest BCUT2D eigenvalue weighted by molar-refractivity contribution is 7.89. The number of rotatable bonds is 7. The fraction of sp³-hybridized carbons (Fsp3) is 1.00. The molecule has 102 valence electrons. The fourth-order valence-corrected chi connectivity index (χ4v) is 3.91. The van der Waals surface area contributed by atoms with Gasteiger partial charge in [0.15, 0.2) is 0 Å². The van der Waals surface area contributed by atoms with Gasteiger partial charge in [-0.05, 0) is 51.1 Å². The summed E-state index contributed by atoms with van der Waals surface area (Å²) in [6, 6.07) is 0.152. The van der Waals surface area contributed by atoms with Gasteiger partial charge >= 0.3 is 0 Å². The first kappa shape index (κ1) is 14.9. The summed E-state index contributed by atoms with van der Waals surface area (Å²) in [5.41, 5.74) is 0. The Bertz CT molecular complexity index is 316. The molecule has 1 aliphatic carbocycles. The Morgan fingerprint density at radius 1 is 1.18 bits per heavy atom. The lowest BCUT2D eigenvalue weighted by atomic mass is 9.98. The summed E-state index contributed by atoms with van der Waals surface area (Å²) < 4.78 is 26.6. The van der Waals surface area contributed by atoms with Crippen molar-refractivity contribution in [1.82, 2.24) is 10.0 Å². The number of hydrogen-bond donors (Lipinski definition) is 2. The lowest BCUT2D eigenvalue weighted by Crippen LogP contribution is -2.38. The maximum atomic E-state index is 11.9. The van der Waals surface area contributed by atoms with Gasteiger partial charge in [-0.1, -0.05) is 13.8 Å². The van der Waals surface area contributed by atoms with E-state index in [0.717, 1.165) is 32.2 Å². The van der Waals surface area contributed by atoms with Crippen LogP contribution in [0.1, 0.15) is 39.5 Å². The molecule has 1 saturated carbocycles. The van der Waals surface area contributed by atoms with Gasteiger partial charge in [-0.2, -0.15) is 0 Å². The average Bonchev–Trinajstić information content (AvgIpc) is 2.56. The molecule has 0 amide bonds. The maximum absolute atomic E-state index is 11.9. The van der Waals surface area contributed by atoms with Gasteiger partial charge in [0.2, 0.25) is 10.0 Å². The van der Waals surface area contributed by atoms with Crippen LogP contribution < -0.4 is 10.0 Å². The number of hydrogen-bond acceptors (Lipinski definition) is 3. The maximum Gasteiger partial charge on any atom is 0.211 e. The topological polar surface area (TPSA) is 58.2 Å². The highest BCUT2D eigenvalue weighted by atomic mass is 32.2. The Kier molecular flexibility index (Phi) is 5.89. The van der Waals surface area contributed by atoms with E-state index >= 15 is 0 Å². The van der Waals surface area contributed by atoms with E-state index in [-0.39, 0.29) is 11.8 Å². The van der Waals surface area contributed by atoms with Crippen LogP contribution in [0, 0.1) is 11.8 Å². The number of nitrogens with one attached hydrogen (secondary N) is 2. The van der Waals surface area contributed by atoms with Gasteiger partial charge in [0.25, 0.3) is 0 Å². The zero-order valence-corrected chi connectivity index (χ0v) is 12.0. The monoisotopic (exact) mass is 262 g/mol. The molecule has 0 spiro atoms. The van der Waals surface area contributed by atoms with E-state index in [1.807, 2.05) is 7.05 Å². The molecule has 17 heavy (non-hydrogen) atoms. The molecular weight excluding hydrogens is 236 g/mol. The second kappa shape index (κ2) is 6.71. The summed E-state index contributed by atoms with van der Waals surface area (Å²) >= 11 is 0. The van der Waals surface area contributed by atoms with Crippen LogP contribution in [0.3, 0.4) is 0 Å². The minimum Gasteiger partial charge on any atom is -0.320 e. The van der Waals surface area contributed by atoms with Gasteiger partial charge in [-0.3, -0.25) is 0 Å². The first-order chi connectivity index (χ1) is 7.96. The molecule has 0 aliphatic heterocycles. The van der Waals surface area contributed by atoms with Crippen molar-refractivity contribution in [1.29, 1.82) is 0 Å². The Morgan fingerprint density at radius 3 is 2.41 bits per heavy atom. The third kappa shape index (κ3) is 4.94. The van der Waals surface area contributed by atoms with Crippen LogP contribution >= 0.6 is 0 Å². The molecule has 4 nitrogen and oxygen atoms in total. The molecule has 3 unspecified atom stereocenters. The molecule has 0 aromatic heterocycles. The molecule has 0 radical (unpaired) electrons. The van der Waals surface area contributed by atoms with Crippen LogP contribution in [-0.2, 0) is 10.0 Å². The Balaban J connectivity index is 2.34. The van der Waals surface area contributed by atoms with Crippen LogP contribution in [0.2, 0.25) is 0 Å². The molecule has 0 heterocycles. The molecule has 5 heteroatoms. The predicted octanol–water partition coefficient (Wildman–Crippen LogP) is 1.34. The summed E-state index contributed by atoms with van der Waals surface area (Å²) in [7, 11) is -1.20. The fourth-order valence-electron chi connectivity index (χ4n) is 2.41. The predicted molar refractivity (Wildman–Crippen MR) is 71.4 cm³/mol. The van der Waals surface area contributed by atoms with Crippen LogP contribution in [-0.4, -0.2) is 33.8 Å². The second-order valence-electron chi connectivity index (χ2n) is 5.27. The Labute approximate surface area is 106 Å². The van der Waals surface area contributed by atoms with Crippen LogP contribution in [0.25, 0.3) is 0 Å². The molecular formula is C12H26N2O2S. The average molecular weight is 262 g/mol. The van der Waals surface area contributed by atoms with Crippen molar-refractivity contribution in [3.63, 3.8) is 0 Å². The van der Waals surface area contributed by atoms with E-state index in [4.69, 9.17) is 0 Å². The quantitative estimate of drug-likeness (QED) is 0.681. The zero-order chi connectivity index (χ0) is 12.9. The van der Waals surface area contributed by atoms with Crippen LogP contribution in [0.15, 0.2) is 0 Å². The minimum atomic E-state index is -3.08. The Hall–Kier alpha value is -0.130. The molecule has 1 rings (SSSR count). The van der Waals surface area contributed by atoms with Crippen molar-refractivity contribution in [2.75, 3.05) is 19.3 Å². The third-order valence-electron chi connectivity index (χ3n) is 3.89. The summed E-state index contributed by atoms with van der Waals surface area (Å²) in [4.78, 5) is 0. The van der Waals surface area contributed by atoms with Crippen molar-refractivity contribution in [3.8, 4) is 0 Å². The molecule has 1 fully saturated rings. The van der Waals surface area contributed by atoms with E-state index < -0.39 is 10.0 Å². The molecule has 0 aromatic rings. The summed E-state index contributed by atoms with van der Waals surface area (Å²) in [5.74, 6) is 1.35. The van der Waals surface area contributed by atoms with Gasteiger partial charge in [0.1, 0.15) is 0 Å². The third-order valence-corrected chi connectivity index (χ3v) is 5.37. The van der Waals surface area contributed by atoms with Gasteiger partial charge in [0.05, 0.1) is 5.75 Å².